The molecule has 0 radical (unpaired) electrons. The summed E-state index contributed by atoms with van der Waals surface area (Å²) in [4.78, 5) is 23.8. The maximum Gasteiger partial charge on any atom is 0.251 e. The van der Waals surface area contributed by atoms with E-state index in [1.807, 2.05) is 19.1 Å². The van der Waals surface area contributed by atoms with Gasteiger partial charge in [0.1, 0.15) is 0 Å². The minimum Gasteiger partial charge on any atom is -0.352 e. The number of nitrogens with one attached hydrogen (secondary N) is 2. The van der Waals surface area contributed by atoms with Gasteiger partial charge in [0.25, 0.3) is 5.91 Å². The predicted molar refractivity (Wildman–Crippen MR) is 71.9 cm³/mol. The highest BCUT2D eigenvalue weighted by Crippen LogP contribution is 2.14. The first-order valence-electron chi connectivity index (χ1n) is 5.93. The van der Waals surface area contributed by atoms with Crippen molar-refractivity contribution in [3.8, 4) is 0 Å². The van der Waals surface area contributed by atoms with Crippen molar-refractivity contribution in [3.63, 3.8) is 0 Å². The monoisotopic (exact) mass is 264 g/mol. The molecule has 0 saturated carbocycles. The molecule has 0 bridgehead atoms. The first-order valence-corrected chi connectivity index (χ1v) is 6.38. The van der Waals surface area contributed by atoms with Gasteiger partial charge in [-0.3, -0.25) is 9.59 Å². The molecule has 5 heteroatoms. The summed E-state index contributed by atoms with van der Waals surface area (Å²) in [6.07, 6.45) is 1.33. The van der Waals surface area contributed by atoms with E-state index in [9.17, 15) is 9.59 Å². The van der Waals surface area contributed by atoms with Crippen molar-refractivity contribution >= 4 is 24.4 Å². The lowest BCUT2D eigenvalue weighted by Crippen LogP contribution is -2.38. The molecule has 4 nitrogen and oxygen atoms in total. The molecule has 2 amide bonds. The highest BCUT2D eigenvalue weighted by Gasteiger charge is 2.21. The zero-order chi connectivity index (χ0) is 13.1. The number of benzene rings is 1. The zero-order valence-corrected chi connectivity index (χ0v) is 11.1. The zero-order valence-electron chi connectivity index (χ0n) is 10.2. The van der Waals surface area contributed by atoms with Crippen LogP contribution in [0.4, 0.5) is 0 Å². The van der Waals surface area contributed by atoms with Crippen LogP contribution in [-0.4, -0.2) is 24.4 Å². The van der Waals surface area contributed by atoms with E-state index < -0.39 is 0 Å². The van der Waals surface area contributed by atoms with Gasteiger partial charge in [0, 0.05) is 29.5 Å². The molecular weight excluding hydrogens is 248 g/mol. The lowest BCUT2D eigenvalue weighted by atomic mass is 10.1. The van der Waals surface area contributed by atoms with Gasteiger partial charge in [0.2, 0.25) is 5.91 Å². The second-order valence-corrected chi connectivity index (χ2v) is 5.03. The molecule has 1 aliphatic heterocycles. The molecule has 1 aromatic rings. The molecule has 2 N–H and O–H groups in total. The van der Waals surface area contributed by atoms with Gasteiger partial charge in [-0.25, -0.2) is 0 Å². The van der Waals surface area contributed by atoms with Crippen molar-refractivity contribution in [2.24, 2.45) is 0 Å². The molecule has 1 atom stereocenters. The van der Waals surface area contributed by atoms with Crippen molar-refractivity contribution in [2.75, 3.05) is 6.54 Å². The Morgan fingerprint density at radius 1 is 1.56 bits per heavy atom. The molecule has 1 aromatic carbocycles. The van der Waals surface area contributed by atoms with Gasteiger partial charge in [-0.2, -0.15) is 0 Å². The van der Waals surface area contributed by atoms with Gasteiger partial charge >= 0.3 is 0 Å². The van der Waals surface area contributed by atoms with Gasteiger partial charge in [-0.1, -0.05) is 6.07 Å². The Balaban J connectivity index is 1.95. The van der Waals surface area contributed by atoms with E-state index in [0.29, 0.717) is 18.5 Å². The fraction of sp³-hybridized carbons (Fsp3) is 0.385. The quantitative estimate of drug-likeness (QED) is 0.721. The van der Waals surface area contributed by atoms with Gasteiger partial charge in [0.15, 0.2) is 0 Å². The number of thiol groups is 1. The van der Waals surface area contributed by atoms with Crippen LogP contribution in [0.3, 0.4) is 0 Å². The molecule has 2 rings (SSSR count). The highest BCUT2D eigenvalue weighted by molar-refractivity contribution is 7.80. The number of hydrogen-bond donors (Lipinski definition) is 3. The first kappa shape index (κ1) is 13.0. The summed E-state index contributed by atoms with van der Waals surface area (Å²) in [5, 5.41) is 5.66. The molecule has 0 aliphatic carbocycles. The minimum atomic E-state index is -0.121. The molecule has 1 unspecified atom stereocenters. The highest BCUT2D eigenvalue weighted by atomic mass is 32.1. The summed E-state index contributed by atoms with van der Waals surface area (Å²) < 4.78 is 0. The Hall–Kier alpha value is -1.49. The average molecular weight is 264 g/mol. The summed E-state index contributed by atoms with van der Waals surface area (Å²) in [6.45, 7) is 2.36. The van der Waals surface area contributed by atoms with Crippen LogP contribution in [0.5, 0.6) is 0 Å². The fourth-order valence-corrected chi connectivity index (χ4v) is 2.20. The van der Waals surface area contributed by atoms with E-state index in [-0.39, 0.29) is 17.9 Å². The van der Waals surface area contributed by atoms with Crippen LogP contribution >= 0.6 is 12.6 Å². The Morgan fingerprint density at radius 3 is 3.00 bits per heavy atom. The Bertz CT molecular complexity index is 488. The lowest BCUT2D eigenvalue weighted by Gasteiger charge is -2.12. The Morgan fingerprint density at radius 2 is 2.33 bits per heavy atom. The molecule has 96 valence electrons. The van der Waals surface area contributed by atoms with Crippen LogP contribution in [0.2, 0.25) is 0 Å². The van der Waals surface area contributed by atoms with E-state index in [1.165, 1.54) is 0 Å². The number of carbonyl (C=O) groups is 2. The van der Waals surface area contributed by atoms with E-state index >= 15 is 0 Å². The summed E-state index contributed by atoms with van der Waals surface area (Å²) in [5.41, 5.74) is 1.55. The third kappa shape index (κ3) is 3.04. The Kier molecular flexibility index (Phi) is 3.91. The van der Waals surface area contributed by atoms with Crippen LogP contribution in [0.15, 0.2) is 23.1 Å². The molecule has 0 aromatic heterocycles. The van der Waals surface area contributed by atoms with Crippen LogP contribution in [0.1, 0.15) is 28.8 Å². The summed E-state index contributed by atoms with van der Waals surface area (Å²) in [7, 11) is 0. The maximum atomic E-state index is 12.0. The van der Waals surface area contributed by atoms with Crippen LogP contribution in [0, 0.1) is 6.92 Å². The van der Waals surface area contributed by atoms with Gasteiger partial charge in [-0.05, 0) is 31.0 Å². The number of rotatable bonds is 3. The number of hydrogen-bond acceptors (Lipinski definition) is 3. The van der Waals surface area contributed by atoms with Crippen LogP contribution in [0.25, 0.3) is 0 Å². The molecule has 1 saturated heterocycles. The number of amides is 2. The standard InChI is InChI=1S/C13H16N2O2S/c1-8-2-4-10(18)6-11(8)13(17)14-7-9-3-5-12(16)15-9/h2,4,6,9,18H,3,5,7H2,1H3,(H,14,17)(H,15,16). The van der Waals surface area contributed by atoms with Crippen LogP contribution in [-0.2, 0) is 4.79 Å². The van der Waals surface area contributed by atoms with Crippen molar-refractivity contribution in [3.05, 3.63) is 29.3 Å². The average Bonchev–Trinajstić information content (AvgIpc) is 2.75. The number of carbonyl (C=O) groups excluding carboxylic acids is 2. The normalized spacial score (nSPS) is 18.6. The fourth-order valence-electron chi connectivity index (χ4n) is 2.00. The summed E-state index contributed by atoms with van der Waals surface area (Å²) in [5.74, 6) is -0.0627. The number of aryl methyl sites for hydroxylation is 1. The van der Waals surface area contributed by atoms with E-state index in [2.05, 4.69) is 23.3 Å². The summed E-state index contributed by atoms with van der Waals surface area (Å²) >= 11 is 4.23. The topological polar surface area (TPSA) is 58.2 Å². The second-order valence-electron chi connectivity index (χ2n) is 4.51. The molecular formula is C13H16N2O2S. The van der Waals surface area contributed by atoms with Crippen LogP contribution < -0.4 is 10.6 Å². The maximum absolute atomic E-state index is 12.0. The van der Waals surface area contributed by atoms with Crippen molar-refractivity contribution < 1.29 is 9.59 Å². The lowest BCUT2D eigenvalue weighted by molar-refractivity contribution is -0.119. The molecule has 0 spiro atoms. The van der Waals surface area contributed by atoms with Gasteiger partial charge < -0.3 is 10.6 Å². The van der Waals surface area contributed by atoms with E-state index in [1.54, 1.807) is 6.07 Å². The minimum absolute atomic E-state index is 0.0564. The molecule has 1 heterocycles. The van der Waals surface area contributed by atoms with Crippen molar-refractivity contribution in [1.29, 1.82) is 0 Å². The molecule has 1 fully saturated rings. The smallest absolute Gasteiger partial charge is 0.251 e. The van der Waals surface area contributed by atoms with E-state index in [0.717, 1.165) is 16.9 Å². The summed E-state index contributed by atoms with van der Waals surface area (Å²) in [6, 6.07) is 5.53. The second kappa shape index (κ2) is 5.44. The van der Waals surface area contributed by atoms with Gasteiger partial charge in [0.05, 0.1) is 0 Å². The third-order valence-corrected chi connectivity index (χ3v) is 3.34. The largest absolute Gasteiger partial charge is 0.352 e. The van der Waals surface area contributed by atoms with Crippen molar-refractivity contribution in [2.45, 2.75) is 30.7 Å². The van der Waals surface area contributed by atoms with Crippen molar-refractivity contribution in [1.82, 2.24) is 10.6 Å². The third-order valence-electron chi connectivity index (χ3n) is 3.06. The Labute approximate surface area is 112 Å². The first-order chi connectivity index (χ1) is 8.56. The predicted octanol–water partition coefficient (Wildman–Crippen LogP) is 1.29. The molecule has 1 aliphatic rings. The molecule has 18 heavy (non-hydrogen) atoms. The SMILES string of the molecule is Cc1ccc(S)cc1C(=O)NCC1CCC(=O)N1. The van der Waals surface area contributed by atoms with Gasteiger partial charge in [-0.15, -0.1) is 12.6 Å². The van der Waals surface area contributed by atoms with E-state index in [4.69, 9.17) is 0 Å².